The minimum absolute atomic E-state index is 0.0851. The van der Waals surface area contributed by atoms with Gasteiger partial charge in [0, 0.05) is 18.2 Å². The van der Waals surface area contributed by atoms with Crippen LogP contribution in [-0.2, 0) is 6.54 Å². The Morgan fingerprint density at radius 1 is 1.22 bits per heavy atom. The molecule has 0 saturated carbocycles. The minimum Gasteiger partial charge on any atom is -0.495 e. The number of aromatic nitrogens is 2. The highest BCUT2D eigenvalue weighted by Gasteiger charge is 2.15. The molecular formula is C18H22N4O. The second-order valence-corrected chi connectivity index (χ2v) is 5.66. The smallest absolute Gasteiger partial charge is 0.141 e. The van der Waals surface area contributed by atoms with E-state index in [1.165, 1.54) is 0 Å². The van der Waals surface area contributed by atoms with Crippen molar-refractivity contribution in [3.8, 4) is 17.1 Å². The number of methoxy groups -OCH3 is 1. The SMILES string of the molecule is CCC(N)Cn1c(-c2ccc(OC)c(N)c2)nc2ccccc21. The van der Waals surface area contributed by atoms with Gasteiger partial charge in [-0.1, -0.05) is 19.1 Å². The first-order valence-electron chi connectivity index (χ1n) is 7.78. The summed E-state index contributed by atoms with van der Waals surface area (Å²) in [6, 6.07) is 13.9. The molecule has 0 aliphatic heterocycles. The van der Waals surface area contributed by atoms with E-state index < -0.39 is 0 Å². The van der Waals surface area contributed by atoms with Crippen molar-refractivity contribution in [2.75, 3.05) is 12.8 Å². The fourth-order valence-corrected chi connectivity index (χ4v) is 2.72. The maximum absolute atomic E-state index is 6.18. The molecule has 0 aliphatic carbocycles. The zero-order chi connectivity index (χ0) is 16.4. The third-order valence-corrected chi connectivity index (χ3v) is 4.08. The van der Waals surface area contributed by atoms with Crippen LogP contribution < -0.4 is 16.2 Å². The van der Waals surface area contributed by atoms with Crippen LogP contribution in [0.5, 0.6) is 5.75 Å². The molecule has 0 aliphatic rings. The Bertz CT molecular complexity index is 825. The van der Waals surface area contributed by atoms with E-state index in [2.05, 4.69) is 17.6 Å². The molecule has 1 aromatic heterocycles. The van der Waals surface area contributed by atoms with Crippen LogP contribution in [0.2, 0.25) is 0 Å². The monoisotopic (exact) mass is 310 g/mol. The van der Waals surface area contributed by atoms with E-state index in [-0.39, 0.29) is 6.04 Å². The number of rotatable bonds is 5. The molecule has 5 heteroatoms. The normalized spacial score (nSPS) is 12.5. The highest BCUT2D eigenvalue weighted by molar-refractivity contribution is 5.81. The van der Waals surface area contributed by atoms with Crippen LogP contribution in [0.25, 0.3) is 22.4 Å². The number of fused-ring (bicyclic) bond motifs is 1. The average Bonchev–Trinajstić information content (AvgIpc) is 2.93. The third-order valence-electron chi connectivity index (χ3n) is 4.08. The molecule has 0 radical (unpaired) electrons. The topological polar surface area (TPSA) is 79.1 Å². The fraction of sp³-hybridized carbons (Fsp3) is 0.278. The number of para-hydroxylation sites is 2. The molecule has 0 spiro atoms. The van der Waals surface area contributed by atoms with Gasteiger partial charge in [0.15, 0.2) is 0 Å². The summed E-state index contributed by atoms with van der Waals surface area (Å²) >= 11 is 0. The molecule has 0 amide bonds. The van der Waals surface area contributed by atoms with E-state index >= 15 is 0 Å². The van der Waals surface area contributed by atoms with Gasteiger partial charge in [-0.3, -0.25) is 0 Å². The maximum Gasteiger partial charge on any atom is 0.141 e. The lowest BCUT2D eigenvalue weighted by atomic mass is 10.1. The molecule has 3 aromatic rings. The Hall–Kier alpha value is -2.53. The van der Waals surface area contributed by atoms with Crippen LogP contribution >= 0.6 is 0 Å². The van der Waals surface area contributed by atoms with Gasteiger partial charge in [0.25, 0.3) is 0 Å². The Balaban J connectivity index is 2.15. The van der Waals surface area contributed by atoms with Gasteiger partial charge >= 0.3 is 0 Å². The number of ether oxygens (including phenoxy) is 1. The highest BCUT2D eigenvalue weighted by atomic mass is 16.5. The number of nitrogens with two attached hydrogens (primary N) is 2. The van der Waals surface area contributed by atoms with Gasteiger partial charge in [0.05, 0.1) is 23.8 Å². The van der Waals surface area contributed by atoms with E-state index in [1.807, 2.05) is 36.4 Å². The molecule has 4 N–H and O–H groups in total. The third kappa shape index (κ3) is 2.87. The molecule has 1 heterocycles. The Kier molecular flexibility index (Phi) is 4.21. The van der Waals surface area contributed by atoms with Crippen molar-refractivity contribution in [1.29, 1.82) is 0 Å². The highest BCUT2D eigenvalue weighted by Crippen LogP contribution is 2.30. The van der Waals surface area contributed by atoms with Gasteiger partial charge < -0.3 is 20.8 Å². The quantitative estimate of drug-likeness (QED) is 0.710. The van der Waals surface area contributed by atoms with Crippen molar-refractivity contribution >= 4 is 16.7 Å². The number of imidazole rings is 1. The number of nitrogens with zero attached hydrogens (tertiary/aromatic N) is 2. The van der Waals surface area contributed by atoms with E-state index in [0.29, 0.717) is 11.4 Å². The number of anilines is 1. The lowest BCUT2D eigenvalue weighted by Gasteiger charge is -2.14. The summed E-state index contributed by atoms with van der Waals surface area (Å²) in [5.74, 6) is 1.55. The van der Waals surface area contributed by atoms with Crippen molar-refractivity contribution in [3.05, 3.63) is 42.5 Å². The summed E-state index contributed by atoms with van der Waals surface area (Å²) in [4.78, 5) is 4.78. The second kappa shape index (κ2) is 6.30. The fourth-order valence-electron chi connectivity index (χ4n) is 2.72. The summed E-state index contributed by atoms with van der Waals surface area (Å²) in [5, 5.41) is 0. The second-order valence-electron chi connectivity index (χ2n) is 5.66. The van der Waals surface area contributed by atoms with Crippen LogP contribution in [0, 0.1) is 0 Å². The van der Waals surface area contributed by atoms with Gasteiger partial charge in [-0.05, 0) is 36.8 Å². The van der Waals surface area contributed by atoms with Gasteiger partial charge in [-0.25, -0.2) is 4.98 Å². The number of hydrogen-bond acceptors (Lipinski definition) is 4. The first kappa shape index (κ1) is 15.4. The van der Waals surface area contributed by atoms with Crippen LogP contribution in [0.4, 0.5) is 5.69 Å². The van der Waals surface area contributed by atoms with Crippen LogP contribution in [0.15, 0.2) is 42.5 Å². The van der Waals surface area contributed by atoms with Crippen molar-refractivity contribution < 1.29 is 4.74 Å². The molecule has 1 unspecified atom stereocenters. The number of hydrogen-bond donors (Lipinski definition) is 2. The average molecular weight is 310 g/mol. The van der Waals surface area contributed by atoms with E-state index in [4.69, 9.17) is 21.2 Å². The van der Waals surface area contributed by atoms with Crippen LogP contribution in [-0.4, -0.2) is 22.7 Å². The number of nitrogen functional groups attached to an aromatic ring is 1. The van der Waals surface area contributed by atoms with Crippen molar-refractivity contribution in [2.45, 2.75) is 25.9 Å². The molecule has 0 saturated heterocycles. The summed E-state index contributed by atoms with van der Waals surface area (Å²) in [7, 11) is 1.61. The van der Waals surface area contributed by atoms with Gasteiger partial charge in [-0.2, -0.15) is 0 Å². The summed E-state index contributed by atoms with van der Waals surface area (Å²) < 4.78 is 7.41. The molecule has 120 valence electrons. The van der Waals surface area contributed by atoms with Gasteiger partial charge in [0.2, 0.25) is 0 Å². The lowest BCUT2D eigenvalue weighted by molar-refractivity contribution is 0.417. The van der Waals surface area contributed by atoms with Crippen molar-refractivity contribution in [2.24, 2.45) is 5.73 Å². The van der Waals surface area contributed by atoms with Crippen LogP contribution in [0.1, 0.15) is 13.3 Å². The molecule has 1 atom stereocenters. The van der Waals surface area contributed by atoms with E-state index in [0.717, 1.165) is 35.4 Å². The zero-order valence-corrected chi connectivity index (χ0v) is 13.5. The molecule has 3 rings (SSSR count). The Morgan fingerprint density at radius 2 is 2.00 bits per heavy atom. The molecule has 2 aromatic carbocycles. The Labute approximate surface area is 135 Å². The van der Waals surface area contributed by atoms with E-state index in [9.17, 15) is 0 Å². The minimum atomic E-state index is 0.0851. The Morgan fingerprint density at radius 3 is 2.70 bits per heavy atom. The van der Waals surface area contributed by atoms with Crippen molar-refractivity contribution in [1.82, 2.24) is 9.55 Å². The molecule has 0 fully saturated rings. The summed E-state index contributed by atoms with van der Waals surface area (Å²) in [5.41, 5.74) is 15.8. The number of benzene rings is 2. The zero-order valence-electron chi connectivity index (χ0n) is 13.5. The molecular weight excluding hydrogens is 288 g/mol. The maximum atomic E-state index is 6.18. The predicted molar refractivity (Wildman–Crippen MR) is 94.4 cm³/mol. The van der Waals surface area contributed by atoms with Crippen molar-refractivity contribution in [3.63, 3.8) is 0 Å². The first-order valence-corrected chi connectivity index (χ1v) is 7.78. The molecule has 5 nitrogen and oxygen atoms in total. The van der Waals surface area contributed by atoms with Gasteiger partial charge in [-0.15, -0.1) is 0 Å². The summed E-state index contributed by atoms with van der Waals surface area (Å²) in [6.45, 7) is 2.81. The van der Waals surface area contributed by atoms with Crippen LogP contribution in [0.3, 0.4) is 0 Å². The predicted octanol–water partition coefficient (Wildman–Crippen LogP) is 3.03. The molecule has 0 bridgehead atoms. The first-order chi connectivity index (χ1) is 11.1. The lowest BCUT2D eigenvalue weighted by Crippen LogP contribution is -2.25. The van der Waals surface area contributed by atoms with Gasteiger partial charge in [0.1, 0.15) is 11.6 Å². The van der Waals surface area contributed by atoms with E-state index in [1.54, 1.807) is 7.11 Å². The largest absolute Gasteiger partial charge is 0.495 e. The summed E-state index contributed by atoms with van der Waals surface area (Å²) in [6.07, 6.45) is 0.913. The molecule has 23 heavy (non-hydrogen) atoms. The standard InChI is InChI=1S/C18H22N4O/c1-3-13(19)11-22-16-7-5-4-6-15(16)21-18(22)12-8-9-17(23-2)14(20)10-12/h4-10,13H,3,11,19-20H2,1-2H3.